The van der Waals surface area contributed by atoms with Crippen LogP contribution in [0.3, 0.4) is 0 Å². The molecule has 0 aliphatic rings. The predicted molar refractivity (Wildman–Crippen MR) is 84.1 cm³/mol. The molecule has 0 heterocycles. The topological polar surface area (TPSA) is 20.3 Å². The zero-order chi connectivity index (χ0) is 14.8. The molecular formula is C17H31NO. The number of nitrogens with zero attached hydrogens (tertiary/aromatic N) is 1. The van der Waals surface area contributed by atoms with Crippen LogP contribution in [-0.2, 0) is 4.79 Å². The molecule has 19 heavy (non-hydrogen) atoms. The molecule has 2 nitrogen and oxygen atoms in total. The van der Waals surface area contributed by atoms with Crippen LogP contribution in [0.25, 0.3) is 0 Å². The van der Waals surface area contributed by atoms with Gasteiger partial charge >= 0.3 is 0 Å². The number of carbonyl (C=O) groups is 1. The lowest BCUT2D eigenvalue weighted by molar-refractivity contribution is -0.133. The van der Waals surface area contributed by atoms with Crippen molar-refractivity contribution < 1.29 is 4.79 Å². The van der Waals surface area contributed by atoms with Crippen molar-refractivity contribution in [2.24, 2.45) is 5.92 Å². The van der Waals surface area contributed by atoms with Crippen molar-refractivity contribution in [3.63, 3.8) is 0 Å². The first-order chi connectivity index (χ1) is 8.88. The minimum Gasteiger partial charge on any atom is -0.339 e. The third-order valence-electron chi connectivity index (χ3n) is 3.05. The smallest absolute Gasteiger partial charge is 0.225 e. The average molecular weight is 265 g/mol. The Morgan fingerprint density at radius 2 is 1.79 bits per heavy atom. The van der Waals surface area contributed by atoms with E-state index in [0.717, 1.165) is 32.4 Å². The molecule has 0 bridgehead atoms. The largest absolute Gasteiger partial charge is 0.339 e. The molecule has 2 heteroatoms. The number of allylic oxidation sites excluding steroid dienone is 3. The van der Waals surface area contributed by atoms with E-state index in [1.807, 2.05) is 18.7 Å². The Kier molecular flexibility index (Phi) is 9.28. The van der Waals surface area contributed by atoms with Crippen LogP contribution >= 0.6 is 0 Å². The molecule has 0 fully saturated rings. The van der Waals surface area contributed by atoms with Gasteiger partial charge in [-0.1, -0.05) is 44.1 Å². The maximum atomic E-state index is 12.0. The molecule has 0 N–H and O–H groups in total. The molecule has 0 aliphatic carbocycles. The van der Waals surface area contributed by atoms with Crippen LogP contribution < -0.4 is 0 Å². The quantitative estimate of drug-likeness (QED) is 0.588. The number of carbonyl (C=O) groups excluding carboxylic acids is 1. The first kappa shape index (κ1) is 17.9. The molecule has 0 radical (unpaired) electrons. The lowest BCUT2D eigenvalue weighted by Gasteiger charge is -2.23. The van der Waals surface area contributed by atoms with Crippen LogP contribution in [-0.4, -0.2) is 23.9 Å². The van der Waals surface area contributed by atoms with Crippen LogP contribution in [0.1, 0.15) is 60.8 Å². The second kappa shape index (κ2) is 9.82. The summed E-state index contributed by atoms with van der Waals surface area (Å²) in [4.78, 5) is 14.0. The normalized spacial score (nSPS) is 11.6. The van der Waals surface area contributed by atoms with Gasteiger partial charge in [-0.2, -0.15) is 0 Å². The first-order valence-corrected chi connectivity index (χ1v) is 7.46. The van der Waals surface area contributed by atoms with Crippen LogP contribution in [0.4, 0.5) is 0 Å². The standard InChI is InChI=1S/C17H31NO/c1-7-12-18(17(19)15(4)5)13-11-16(6)10-8-9-14(2)3/h9,11,15H,7-8,10,12-13H2,1-6H3. The fraction of sp³-hybridized carbons (Fsp3) is 0.706. The molecule has 110 valence electrons. The van der Waals surface area contributed by atoms with Gasteiger partial charge in [-0.25, -0.2) is 0 Å². The fourth-order valence-corrected chi connectivity index (χ4v) is 1.88. The molecule has 0 aromatic carbocycles. The van der Waals surface area contributed by atoms with Crippen LogP contribution in [0.2, 0.25) is 0 Å². The van der Waals surface area contributed by atoms with E-state index in [0.29, 0.717) is 0 Å². The van der Waals surface area contributed by atoms with Crippen molar-refractivity contribution in [1.29, 1.82) is 0 Å². The lowest BCUT2D eigenvalue weighted by Crippen LogP contribution is -2.35. The predicted octanol–water partition coefficient (Wildman–Crippen LogP) is 4.57. The first-order valence-electron chi connectivity index (χ1n) is 7.46. The second-order valence-electron chi connectivity index (χ2n) is 5.81. The van der Waals surface area contributed by atoms with Crippen molar-refractivity contribution in [1.82, 2.24) is 4.90 Å². The SMILES string of the molecule is CCCN(CC=C(C)CCC=C(C)C)C(=O)C(C)C. The monoisotopic (exact) mass is 265 g/mol. The highest BCUT2D eigenvalue weighted by Crippen LogP contribution is 2.08. The van der Waals surface area contributed by atoms with Crippen molar-refractivity contribution in [3.8, 4) is 0 Å². The molecule has 0 saturated heterocycles. The molecule has 0 aliphatic heterocycles. The van der Waals surface area contributed by atoms with Gasteiger partial charge in [0.25, 0.3) is 0 Å². The molecule has 0 rings (SSSR count). The molecule has 0 saturated carbocycles. The number of rotatable bonds is 8. The summed E-state index contributed by atoms with van der Waals surface area (Å²) in [6.07, 6.45) is 7.66. The van der Waals surface area contributed by atoms with E-state index in [9.17, 15) is 4.79 Å². The average Bonchev–Trinajstić information content (AvgIpc) is 2.32. The number of hydrogen-bond donors (Lipinski definition) is 0. The van der Waals surface area contributed by atoms with Crippen LogP contribution in [0.5, 0.6) is 0 Å². The van der Waals surface area contributed by atoms with Crippen LogP contribution in [0, 0.1) is 5.92 Å². The maximum Gasteiger partial charge on any atom is 0.225 e. The van der Waals surface area contributed by atoms with Gasteiger partial charge in [-0.05, 0) is 40.0 Å². The van der Waals surface area contributed by atoms with E-state index in [1.54, 1.807) is 0 Å². The van der Waals surface area contributed by atoms with E-state index >= 15 is 0 Å². The summed E-state index contributed by atoms with van der Waals surface area (Å²) in [5, 5.41) is 0. The number of amides is 1. The van der Waals surface area contributed by atoms with Crippen molar-refractivity contribution in [2.45, 2.75) is 60.8 Å². The Balaban J connectivity index is 4.36. The zero-order valence-electron chi connectivity index (χ0n) is 13.6. The van der Waals surface area contributed by atoms with E-state index in [1.165, 1.54) is 11.1 Å². The van der Waals surface area contributed by atoms with Gasteiger partial charge in [0.05, 0.1) is 0 Å². The Labute approximate surface area is 119 Å². The molecule has 0 aromatic heterocycles. The van der Waals surface area contributed by atoms with Gasteiger partial charge in [0.15, 0.2) is 0 Å². The minimum absolute atomic E-state index is 0.0888. The Bertz CT molecular complexity index is 322. The summed E-state index contributed by atoms with van der Waals surface area (Å²) in [6.45, 7) is 14.1. The van der Waals surface area contributed by atoms with Crippen LogP contribution in [0.15, 0.2) is 23.3 Å². The van der Waals surface area contributed by atoms with E-state index < -0.39 is 0 Å². The van der Waals surface area contributed by atoms with Crippen molar-refractivity contribution in [3.05, 3.63) is 23.3 Å². The lowest BCUT2D eigenvalue weighted by atomic mass is 10.1. The third kappa shape index (κ3) is 8.63. The maximum absolute atomic E-state index is 12.0. The van der Waals surface area contributed by atoms with Crippen molar-refractivity contribution in [2.75, 3.05) is 13.1 Å². The Morgan fingerprint density at radius 1 is 1.16 bits per heavy atom. The summed E-state index contributed by atoms with van der Waals surface area (Å²) < 4.78 is 0. The summed E-state index contributed by atoms with van der Waals surface area (Å²) in [5.74, 6) is 0.348. The Morgan fingerprint density at radius 3 is 2.26 bits per heavy atom. The van der Waals surface area contributed by atoms with Gasteiger partial charge in [0.1, 0.15) is 0 Å². The highest BCUT2D eigenvalue weighted by atomic mass is 16.2. The van der Waals surface area contributed by atoms with Gasteiger partial charge in [-0.3, -0.25) is 4.79 Å². The third-order valence-corrected chi connectivity index (χ3v) is 3.05. The molecular weight excluding hydrogens is 234 g/mol. The van der Waals surface area contributed by atoms with Gasteiger partial charge < -0.3 is 4.90 Å². The number of hydrogen-bond acceptors (Lipinski definition) is 1. The van der Waals surface area contributed by atoms with E-state index in [4.69, 9.17) is 0 Å². The summed E-state index contributed by atoms with van der Waals surface area (Å²) >= 11 is 0. The molecule has 1 amide bonds. The zero-order valence-corrected chi connectivity index (χ0v) is 13.6. The van der Waals surface area contributed by atoms with Gasteiger partial charge in [0, 0.05) is 19.0 Å². The summed E-state index contributed by atoms with van der Waals surface area (Å²) in [6, 6.07) is 0. The molecule has 0 aromatic rings. The highest BCUT2D eigenvalue weighted by Gasteiger charge is 2.14. The second-order valence-corrected chi connectivity index (χ2v) is 5.81. The van der Waals surface area contributed by atoms with E-state index in [-0.39, 0.29) is 11.8 Å². The molecule has 0 atom stereocenters. The summed E-state index contributed by atoms with van der Waals surface area (Å²) in [7, 11) is 0. The summed E-state index contributed by atoms with van der Waals surface area (Å²) in [5.41, 5.74) is 2.74. The van der Waals surface area contributed by atoms with E-state index in [2.05, 4.69) is 39.8 Å². The Hall–Kier alpha value is -1.05. The van der Waals surface area contributed by atoms with Crippen molar-refractivity contribution >= 4 is 5.91 Å². The van der Waals surface area contributed by atoms with Gasteiger partial charge in [0.2, 0.25) is 5.91 Å². The molecule has 0 unspecified atom stereocenters. The highest BCUT2D eigenvalue weighted by molar-refractivity contribution is 5.78. The fourth-order valence-electron chi connectivity index (χ4n) is 1.88. The minimum atomic E-state index is 0.0888. The van der Waals surface area contributed by atoms with Gasteiger partial charge in [-0.15, -0.1) is 0 Å². The molecule has 0 spiro atoms.